The molecule has 0 bridgehead atoms. The number of nitrogens with zero attached hydrogens (tertiary/aromatic N) is 3. The third kappa shape index (κ3) is 4.19. The van der Waals surface area contributed by atoms with Crippen LogP contribution in [0.25, 0.3) is 0 Å². The van der Waals surface area contributed by atoms with Gasteiger partial charge in [0.15, 0.2) is 0 Å². The standard InChI is InChI=1S/C16H31N3O/c1-4-5-16(20)18-8-6-15(7-9-18)13-19-11-10-17(3)12-14(19)2/h14-15H,4-13H2,1-3H3/t14-/m1/s1. The zero-order valence-corrected chi connectivity index (χ0v) is 13.5. The van der Waals surface area contributed by atoms with Gasteiger partial charge in [0.2, 0.25) is 5.91 Å². The lowest BCUT2D eigenvalue weighted by atomic mass is 9.95. The van der Waals surface area contributed by atoms with Crippen molar-refractivity contribution in [2.45, 2.75) is 45.6 Å². The lowest BCUT2D eigenvalue weighted by Crippen LogP contribution is -2.52. The fraction of sp³-hybridized carbons (Fsp3) is 0.938. The van der Waals surface area contributed by atoms with Gasteiger partial charge in [-0.2, -0.15) is 0 Å². The van der Waals surface area contributed by atoms with Gasteiger partial charge in [0.1, 0.15) is 0 Å². The number of likely N-dealkylation sites (N-methyl/N-ethyl adjacent to an activating group) is 1. The number of amides is 1. The van der Waals surface area contributed by atoms with Crippen LogP contribution in [0.3, 0.4) is 0 Å². The van der Waals surface area contributed by atoms with E-state index in [0.29, 0.717) is 11.9 Å². The number of rotatable bonds is 4. The minimum atomic E-state index is 0.360. The Morgan fingerprint density at radius 1 is 1.15 bits per heavy atom. The molecule has 4 heteroatoms. The zero-order chi connectivity index (χ0) is 14.5. The Hall–Kier alpha value is -0.610. The summed E-state index contributed by atoms with van der Waals surface area (Å²) in [5.74, 6) is 1.14. The lowest BCUT2D eigenvalue weighted by Gasteiger charge is -2.41. The van der Waals surface area contributed by atoms with Crippen molar-refractivity contribution in [1.82, 2.24) is 14.7 Å². The van der Waals surface area contributed by atoms with Crippen LogP contribution >= 0.6 is 0 Å². The molecule has 2 rings (SSSR count). The summed E-state index contributed by atoms with van der Waals surface area (Å²) in [5, 5.41) is 0. The molecule has 4 nitrogen and oxygen atoms in total. The number of piperazine rings is 1. The van der Waals surface area contributed by atoms with E-state index in [1.54, 1.807) is 0 Å². The summed E-state index contributed by atoms with van der Waals surface area (Å²) in [4.78, 5) is 19.0. The molecule has 0 aliphatic carbocycles. The highest BCUT2D eigenvalue weighted by Gasteiger charge is 2.27. The van der Waals surface area contributed by atoms with Crippen molar-refractivity contribution in [2.24, 2.45) is 5.92 Å². The van der Waals surface area contributed by atoms with Crippen LogP contribution in [0.15, 0.2) is 0 Å². The van der Waals surface area contributed by atoms with Crippen LogP contribution < -0.4 is 0 Å². The third-order valence-electron chi connectivity index (χ3n) is 4.89. The van der Waals surface area contributed by atoms with Gasteiger partial charge in [-0.15, -0.1) is 0 Å². The fourth-order valence-electron chi connectivity index (χ4n) is 3.52. The van der Waals surface area contributed by atoms with E-state index < -0.39 is 0 Å². The summed E-state index contributed by atoms with van der Waals surface area (Å²) in [6, 6.07) is 0.675. The van der Waals surface area contributed by atoms with Gasteiger partial charge in [0.25, 0.3) is 0 Å². The zero-order valence-electron chi connectivity index (χ0n) is 13.5. The van der Waals surface area contributed by atoms with Gasteiger partial charge in [-0.3, -0.25) is 9.69 Å². The Labute approximate surface area is 124 Å². The highest BCUT2D eigenvalue weighted by molar-refractivity contribution is 5.76. The van der Waals surface area contributed by atoms with Crippen LogP contribution in [0.5, 0.6) is 0 Å². The Balaban J connectivity index is 1.73. The van der Waals surface area contributed by atoms with Crippen LogP contribution in [0.4, 0.5) is 0 Å². The Bertz CT molecular complexity index is 313. The molecule has 20 heavy (non-hydrogen) atoms. The summed E-state index contributed by atoms with van der Waals surface area (Å²) < 4.78 is 0. The molecule has 2 fully saturated rings. The second-order valence-electron chi connectivity index (χ2n) is 6.68. The van der Waals surface area contributed by atoms with E-state index in [9.17, 15) is 4.79 Å². The highest BCUT2D eigenvalue weighted by atomic mass is 16.2. The van der Waals surface area contributed by atoms with E-state index >= 15 is 0 Å². The van der Waals surface area contributed by atoms with Crippen molar-refractivity contribution in [3.63, 3.8) is 0 Å². The molecule has 0 N–H and O–H groups in total. The Kier molecular flexibility index (Phi) is 5.85. The second kappa shape index (κ2) is 7.41. The molecule has 0 spiro atoms. The molecule has 2 saturated heterocycles. The van der Waals surface area contributed by atoms with E-state index in [4.69, 9.17) is 0 Å². The Morgan fingerprint density at radius 3 is 2.45 bits per heavy atom. The smallest absolute Gasteiger partial charge is 0.222 e. The van der Waals surface area contributed by atoms with E-state index in [1.165, 1.54) is 39.0 Å². The summed E-state index contributed by atoms with van der Waals surface area (Å²) in [6.45, 7) is 11.2. The molecular weight excluding hydrogens is 250 g/mol. The first-order valence-electron chi connectivity index (χ1n) is 8.30. The van der Waals surface area contributed by atoms with Gasteiger partial charge >= 0.3 is 0 Å². The predicted molar refractivity (Wildman–Crippen MR) is 82.7 cm³/mol. The van der Waals surface area contributed by atoms with Crippen LogP contribution in [-0.2, 0) is 4.79 Å². The maximum absolute atomic E-state index is 11.9. The van der Waals surface area contributed by atoms with E-state index in [0.717, 1.165) is 31.8 Å². The van der Waals surface area contributed by atoms with Gasteiger partial charge in [-0.1, -0.05) is 6.92 Å². The largest absolute Gasteiger partial charge is 0.343 e. The minimum Gasteiger partial charge on any atom is -0.343 e. The molecule has 2 aliphatic rings. The maximum Gasteiger partial charge on any atom is 0.222 e. The fourth-order valence-corrected chi connectivity index (χ4v) is 3.52. The summed E-state index contributed by atoms with van der Waals surface area (Å²) in [5.41, 5.74) is 0. The van der Waals surface area contributed by atoms with E-state index in [2.05, 4.69) is 35.6 Å². The molecule has 0 aromatic rings. The first-order chi connectivity index (χ1) is 9.60. The van der Waals surface area contributed by atoms with Crippen LogP contribution in [0, 0.1) is 5.92 Å². The molecule has 1 amide bonds. The number of piperidine rings is 1. The third-order valence-corrected chi connectivity index (χ3v) is 4.89. The molecule has 0 unspecified atom stereocenters. The predicted octanol–water partition coefficient (Wildman–Crippen LogP) is 1.66. The minimum absolute atomic E-state index is 0.360. The van der Waals surface area contributed by atoms with E-state index in [-0.39, 0.29) is 0 Å². The molecule has 2 aliphatic heterocycles. The quantitative estimate of drug-likeness (QED) is 0.784. The monoisotopic (exact) mass is 281 g/mol. The van der Waals surface area contributed by atoms with Gasteiger partial charge in [0, 0.05) is 51.7 Å². The number of hydrogen-bond donors (Lipinski definition) is 0. The second-order valence-corrected chi connectivity index (χ2v) is 6.68. The van der Waals surface area contributed by atoms with Crippen LogP contribution in [-0.4, -0.2) is 73.0 Å². The topological polar surface area (TPSA) is 26.8 Å². The van der Waals surface area contributed by atoms with Crippen molar-refractivity contribution in [3.8, 4) is 0 Å². The molecule has 0 aromatic heterocycles. The van der Waals surface area contributed by atoms with Crippen molar-refractivity contribution in [1.29, 1.82) is 0 Å². The maximum atomic E-state index is 11.9. The van der Waals surface area contributed by atoms with Gasteiger partial charge in [-0.05, 0) is 39.2 Å². The van der Waals surface area contributed by atoms with E-state index in [1.807, 2.05) is 0 Å². The number of carbonyl (C=O) groups excluding carboxylic acids is 1. The summed E-state index contributed by atoms with van der Waals surface area (Å²) >= 11 is 0. The molecule has 2 heterocycles. The number of carbonyl (C=O) groups is 1. The first-order valence-corrected chi connectivity index (χ1v) is 8.30. The molecule has 116 valence electrons. The van der Waals surface area contributed by atoms with Gasteiger partial charge in [0.05, 0.1) is 0 Å². The van der Waals surface area contributed by atoms with Crippen LogP contribution in [0.2, 0.25) is 0 Å². The van der Waals surface area contributed by atoms with Crippen molar-refractivity contribution >= 4 is 5.91 Å². The average molecular weight is 281 g/mol. The van der Waals surface area contributed by atoms with Gasteiger partial charge < -0.3 is 9.80 Å². The average Bonchev–Trinajstić information content (AvgIpc) is 2.43. The highest BCUT2D eigenvalue weighted by Crippen LogP contribution is 2.21. The van der Waals surface area contributed by atoms with Gasteiger partial charge in [-0.25, -0.2) is 0 Å². The molecule has 1 atom stereocenters. The van der Waals surface area contributed by atoms with Crippen molar-refractivity contribution < 1.29 is 4.79 Å². The van der Waals surface area contributed by atoms with Crippen LogP contribution in [0.1, 0.15) is 39.5 Å². The first kappa shape index (κ1) is 15.8. The number of hydrogen-bond acceptors (Lipinski definition) is 3. The van der Waals surface area contributed by atoms with Crippen molar-refractivity contribution in [2.75, 3.05) is 46.3 Å². The van der Waals surface area contributed by atoms with Crippen molar-refractivity contribution in [3.05, 3.63) is 0 Å². The summed E-state index contributed by atoms with van der Waals surface area (Å²) in [6.07, 6.45) is 4.07. The lowest BCUT2D eigenvalue weighted by molar-refractivity contribution is -0.132. The Morgan fingerprint density at radius 2 is 1.85 bits per heavy atom. The molecular formula is C16H31N3O. The summed E-state index contributed by atoms with van der Waals surface area (Å²) in [7, 11) is 2.21. The molecule has 0 radical (unpaired) electrons. The normalized spacial score (nSPS) is 26.9. The SMILES string of the molecule is CCCC(=O)N1CCC(CN2CCN(C)C[C@H]2C)CC1. The molecule has 0 aromatic carbocycles. The number of likely N-dealkylation sites (tertiary alicyclic amines) is 1. The molecule has 0 saturated carbocycles.